The van der Waals surface area contributed by atoms with Crippen molar-refractivity contribution in [3.63, 3.8) is 0 Å². The molecule has 1 amide bonds. The first kappa shape index (κ1) is 23.3. The predicted octanol–water partition coefficient (Wildman–Crippen LogP) is 4.38. The van der Waals surface area contributed by atoms with Crippen molar-refractivity contribution in [2.24, 2.45) is 0 Å². The maximum atomic E-state index is 13.5. The van der Waals surface area contributed by atoms with Gasteiger partial charge in [-0.2, -0.15) is 0 Å². The first-order chi connectivity index (χ1) is 15.2. The fraction of sp³-hybridized carbons (Fsp3) is 0.240. The van der Waals surface area contributed by atoms with E-state index >= 15 is 0 Å². The number of methoxy groups -OCH3 is 1. The zero-order valence-electron chi connectivity index (χ0n) is 18.7. The number of amides is 1. The number of ether oxygens (including phenoxy) is 1. The summed E-state index contributed by atoms with van der Waals surface area (Å²) in [6, 6.07) is 20.8. The van der Waals surface area contributed by atoms with Gasteiger partial charge < -0.3 is 10.1 Å². The number of nitrogens with zero attached hydrogens (tertiary/aromatic N) is 1. The number of hydrogen-bond donors (Lipinski definition) is 1. The molecule has 0 aromatic heterocycles. The average molecular weight is 453 g/mol. The highest BCUT2D eigenvalue weighted by Crippen LogP contribution is 2.25. The fourth-order valence-corrected chi connectivity index (χ4v) is 4.68. The third-order valence-electron chi connectivity index (χ3n) is 5.21. The van der Waals surface area contributed by atoms with Gasteiger partial charge in [0, 0.05) is 0 Å². The molecule has 6 nitrogen and oxygen atoms in total. The lowest BCUT2D eigenvalue weighted by molar-refractivity contribution is -0.120. The first-order valence-corrected chi connectivity index (χ1v) is 11.7. The van der Waals surface area contributed by atoms with Gasteiger partial charge in [0.2, 0.25) is 5.91 Å². The summed E-state index contributed by atoms with van der Waals surface area (Å²) in [4.78, 5) is 13.0. The Labute approximate surface area is 189 Å². The van der Waals surface area contributed by atoms with Gasteiger partial charge in [0.15, 0.2) is 0 Å². The van der Waals surface area contributed by atoms with Crippen molar-refractivity contribution in [2.75, 3.05) is 18.0 Å². The lowest BCUT2D eigenvalue weighted by Crippen LogP contribution is -2.41. The molecular formula is C25H28N2O4S. The molecule has 32 heavy (non-hydrogen) atoms. The highest BCUT2D eigenvalue weighted by molar-refractivity contribution is 7.92. The topological polar surface area (TPSA) is 75.7 Å². The van der Waals surface area contributed by atoms with Crippen LogP contribution in [-0.4, -0.2) is 28.0 Å². The third-order valence-corrected chi connectivity index (χ3v) is 7.00. The predicted molar refractivity (Wildman–Crippen MR) is 126 cm³/mol. The summed E-state index contributed by atoms with van der Waals surface area (Å²) in [6.07, 6.45) is 0. The molecule has 3 aromatic carbocycles. The van der Waals surface area contributed by atoms with Crippen molar-refractivity contribution in [1.82, 2.24) is 5.32 Å². The molecule has 0 fully saturated rings. The second-order valence-electron chi connectivity index (χ2n) is 7.72. The molecule has 1 atom stereocenters. The Balaban J connectivity index is 1.87. The van der Waals surface area contributed by atoms with E-state index in [-0.39, 0.29) is 17.5 Å². The van der Waals surface area contributed by atoms with Crippen LogP contribution in [0.15, 0.2) is 77.7 Å². The van der Waals surface area contributed by atoms with Crippen LogP contribution in [0.1, 0.15) is 29.7 Å². The molecule has 3 aromatic rings. The number of carbonyl (C=O) groups is 1. The van der Waals surface area contributed by atoms with Gasteiger partial charge in [-0.25, -0.2) is 8.42 Å². The molecule has 1 unspecified atom stereocenters. The number of sulfonamides is 1. The van der Waals surface area contributed by atoms with E-state index in [1.54, 1.807) is 24.3 Å². The van der Waals surface area contributed by atoms with Gasteiger partial charge in [-0.15, -0.1) is 0 Å². The van der Waals surface area contributed by atoms with Crippen molar-refractivity contribution in [3.8, 4) is 5.75 Å². The van der Waals surface area contributed by atoms with Crippen LogP contribution in [0.3, 0.4) is 0 Å². The largest absolute Gasteiger partial charge is 0.497 e. The van der Waals surface area contributed by atoms with Gasteiger partial charge in [-0.1, -0.05) is 47.5 Å². The minimum Gasteiger partial charge on any atom is -0.497 e. The molecule has 0 aliphatic heterocycles. The van der Waals surface area contributed by atoms with Gasteiger partial charge in [0.05, 0.1) is 23.7 Å². The smallest absolute Gasteiger partial charge is 0.264 e. The second-order valence-corrected chi connectivity index (χ2v) is 9.58. The maximum absolute atomic E-state index is 13.5. The normalized spacial score (nSPS) is 12.1. The van der Waals surface area contributed by atoms with Gasteiger partial charge in [0.1, 0.15) is 12.3 Å². The van der Waals surface area contributed by atoms with Gasteiger partial charge in [-0.05, 0) is 62.7 Å². The van der Waals surface area contributed by atoms with Crippen LogP contribution < -0.4 is 14.4 Å². The van der Waals surface area contributed by atoms with Gasteiger partial charge in [0.25, 0.3) is 10.0 Å². The van der Waals surface area contributed by atoms with Crippen molar-refractivity contribution in [3.05, 3.63) is 89.5 Å². The Hall–Kier alpha value is -3.32. The molecule has 168 valence electrons. The van der Waals surface area contributed by atoms with Gasteiger partial charge in [-0.3, -0.25) is 9.10 Å². The number of hydrogen-bond acceptors (Lipinski definition) is 4. The van der Waals surface area contributed by atoms with E-state index < -0.39 is 15.9 Å². The van der Waals surface area contributed by atoms with Crippen LogP contribution in [0.5, 0.6) is 5.75 Å². The van der Waals surface area contributed by atoms with Crippen LogP contribution in [-0.2, 0) is 14.8 Å². The van der Waals surface area contributed by atoms with Crippen LogP contribution in [0.4, 0.5) is 5.69 Å². The molecule has 0 heterocycles. The Bertz CT molecular complexity index is 1160. The van der Waals surface area contributed by atoms with Crippen LogP contribution in [0.25, 0.3) is 0 Å². The molecule has 7 heteroatoms. The lowest BCUT2D eigenvalue weighted by Gasteiger charge is -2.25. The summed E-state index contributed by atoms with van der Waals surface area (Å²) in [7, 11) is -2.46. The molecule has 0 radical (unpaired) electrons. The van der Waals surface area contributed by atoms with E-state index in [0.717, 1.165) is 21.0 Å². The minimum atomic E-state index is -3.98. The summed E-state index contributed by atoms with van der Waals surface area (Å²) in [5.41, 5.74) is 3.49. The third kappa shape index (κ3) is 5.48. The van der Waals surface area contributed by atoms with Crippen molar-refractivity contribution in [1.29, 1.82) is 0 Å². The highest BCUT2D eigenvalue weighted by Gasteiger charge is 2.27. The summed E-state index contributed by atoms with van der Waals surface area (Å²) in [5.74, 6) is 0.159. The quantitative estimate of drug-likeness (QED) is 0.550. The van der Waals surface area contributed by atoms with E-state index in [4.69, 9.17) is 4.74 Å². The van der Waals surface area contributed by atoms with Gasteiger partial charge >= 0.3 is 0 Å². The molecule has 0 saturated heterocycles. The zero-order valence-corrected chi connectivity index (χ0v) is 19.5. The Morgan fingerprint density at radius 3 is 1.97 bits per heavy atom. The minimum absolute atomic E-state index is 0.0817. The first-order valence-electron chi connectivity index (χ1n) is 10.3. The summed E-state index contributed by atoms with van der Waals surface area (Å²) < 4.78 is 33.2. The summed E-state index contributed by atoms with van der Waals surface area (Å²) in [6.45, 7) is 5.45. The average Bonchev–Trinajstić information content (AvgIpc) is 2.78. The SMILES string of the molecule is COc1ccc(S(=O)(=O)N(CC(=O)NC(C)c2ccc(C)cc2)c2ccc(C)cc2)cc1. The molecule has 0 aliphatic rings. The molecule has 0 bridgehead atoms. The number of anilines is 1. The standard InChI is InChI=1S/C25H28N2O4S/c1-18-5-9-21(10-6-18)20(3)26-25(28)17-27(22-11-7-19(2)8-12-22)32(29,30)24-15-13-23(31-4)14-16-24/h5-16,20H,17H2,1-4H3,(H,26,28). The zero-order chi connectivity index (χ0) is 23.3. The molecule has 3 rings (SSSR count). The molecule has 0 spiro atoms. The summed E-state index contributed by atoms with van der Waals surface area (Å²) in [5, 5.41) is 2.90. The van der Waals surface area contributed by atoms with E-state index in [1.165, 1.54) is 19.2 Å². The number of rotatable bonds is 8. The van der Waals surface area contributed by atoms with Crippen LogP contribution >= 0.6 is 0 Å². The highest BCUT2D eigenvalue weighted by atomic mass is 32.2. The van der Waals surface area contributed by atoms with Crippen molar-refractivity contribution in [2.45, 2.75) is 31.7 Å². The molecule has 0 saturated carbocycles. The maximum Gasteiger partial charge on any atom is 0.264 e. The Morgan fingerprint density at radius 1 is 0.906 bits per heavy atom. The number of aryl methyl sites for hydroxylation is 2. The van der Waals surface area contributed by atoms with Crippen molar-refractivity contribution >= 4 is 21.6 Å². The number of nitrogens with one attached hydrogen (secondary N) is 1. The molecule has 0 aliphatic carbocycles. The van der Waals surface area contributed by atoms with E-state index in [1.807, 2.05) is 57.2 Å². The Morgan fingerprint density at radius 2 is 1.44 bits per heavy atom. The number of carbonyl (C=O) groups excluding carboxylic acids is 1. The molecule has 1 N–H and O–H groups in total. The van der Waals surface area contributed by atoms with E-state index in [0.29, 0.717) is 11.4 Å². The van der Waals surface area contributed by atoms with E-state index in [9.17, 15) is 13.2 Å². The fourth-order valence-electron chi connectivity index (χ4n) is 3.26. The Kier molecular flexibility index (Phi) is 7.20. The molecular weight excluding hydrogens is 424 g/mol. The number of benzene rings is 3. The van der Waals surface area contributed by atoms with Crippen LogP contribution in [0.2, 0.25) is 0 Å². The monoisotopic (exact) mass is 452 g/mol. The van der Waals surface area contributed by atoms with E-state index in [2.05, 4.69) is 5.32 Å². The van der Waals surface area contributed by atoms with Crippen LogP contribution in [0, 0.1) is 13.8 Å². The lowest BCUT2D eigenvalue weighted by atomic mass is 10.1. The summed E-state index contributed by atoms with van der Waals surface area (Å²) >= 11 is 0. The second kappa shape index (κ2) is 9.87. The van der Waals surface area contributed by atoms with Crippen molar-refractivity contribution < 1.29 is 17.9 Å².